The quantitative estimate of drug-likeness (QED) is 0.729. The lowest BCUT2D eigenvalue weighted by Gasteiger charge is -2.29. The molecule has 2 nitrogen and oxygen atoms in total. The molecule has 16 heavy (non-hydrogen) atoms. The largest absolute Gasteiger partial charge is 0.377 e. The molecule has 1 heterocycles. The number of hydrogen-bond donors (Lipinski definition) is 0. The highest BCUT2D eigenvalue weighted by Gasteiger charge is 2.40. The molecular weight excluding hydrogens is 200 g/mol. The van der Waals surface area contributed by atoms with Gasteiger partial charge in [0.05, 0.1) is 6.10 Å². The first kappa shape index (κ1) is 11.3. The normalized spacial score (nSPS) is 25.6. The van der Waals surface area contributed by atoms with Crippen molar-refractivity contribution in [3.05, 3.63) is 35.9 Å². The van der Waals surface area contributed by atoms with Gasteiger partial charge in [0.1, 0.15) is 6.29 Å². The third-order valence-electron chi connectivity index (χ3n) is 3.36. The fraction of sp³-hybridized carbons (Fsp3) is 0.500. The molecule has 2 rings (SSSR count). The fourth-order valence-corrected chi connectivity index (χ4v) is 2.43. The molecule has 0 radical (unpaired) electrons. The lowest BCUT2D eigenvalue weighted by molar-refractivity contribution is -0.121. The van der Waals surface area contributed by atoms with E-state index in [9.17, 15) is 4.79 Å². The Morgan fingerprint density at radius 2 is 2.00 bits per heavy atom. The first-order valence-electron chi connectivity index (χ1n) is 5.78. The van der Waals surface area contributed by atoms with Crippen molar-refractivity contribution in [1.29, 1.82) is 0 Å². The van der Waals surface area contributed by atoms with Gasteiger partial charge in [-0.2, -0.15) is 0 Å². The van der Waals surface area contributed by atoms with Crippen molar-refractivity contribution in [3.8, 4) is 0 Å². The van der Waals surface area contributed by atoms with Crippen LogP contribution in [0.15, 0.2) is 30.3 Å². The van der Waals surface area contributed by atoms with Crippen molar-refractivity contribution in [2.75, 3.05) is 6.61 Å². The van der Waals surface area contributed by atoms with Crippen LogP contribution >= 0.6 is 0 Å². The predicted octanol–water partition coefficient (Wildman–Crippen LogP) is 2.78. The summed E-state index contributed by atoms with van der Waals surface area (Å²) in [5.41, 5.74) is 0.872. The molecule has 0 aromatic heterocycles. The number of hydrogen-bond acceptors (Lipinski definition) is 2. The van der Waals surface area contributed by atoms with E-state index in [-0.39, 0.29) is 6.10 Å². The van der Waals surface area contributed by atoms with Gasteiger partial charge in [0.2, 0.25) is 0 Å². The SMILES string of the molecule is CC(C)(C=O)[C@H]1OCC[C@H]1c1ccccc1. The third kappa shape index (κ3) is 2.03. The van der Waals surface area contributed by atoms with E-state index in [4.69, 9.17) is 4.74 Å². The first-order valence-corrected chi connectivity index (χ1v) is 5.78. The van der Waals surface area contributed by atoms with Crippen LogP contribution in [0.2, 0.25) is 0 Å². The van der Waals surface area contributed by atoms with E-state index in [1.807, 2.05) is 32.0 Å². The number of ether oxygens (including phenoxy) is 1. The lowest BCUT2D eigenvalue weighted by atomic mass is 9.78. The zero-order valence-electron chi connectivity index (χ0n) is 9.85. The van der Waals surface area contributed by atoms with E-state index >= 15 is 0 Å². The van der Waals surface area contributed by atoms with Gasteiger partial charge in [0, 0.05) is 17.9 Å². The second kappa shape index (κ2) is 4.38. The van der Waals surface area contributed by atoms with Crippen LogP contribution in [0.25, 0.3) is 0 Å². The van der Waals surface area contributed by atoms with E-state index in [0.717, 1.165) is 19.3 Å². The Balaban J connectivity index is 2.25. The van der Waals surface area contributed by atoms with Gasteiger partial charge >= 0.3 is 0 Å². The summed E-state index contributed by atoms with van der Waals surface area (Å²) in [6, 6.07) is 10.3. The maximum atomic E-state index is 11.1. The summed E-state index contributed by atoms with van der Waals surface area (Å²) in [7, 11) is 0. The van der Waals surface area contributed by atoms with Crippen LogP contribution in [-0.2, 0) is 9.53 Å². The minimum atomic E-state index is -0.406. The van der Waals surface area contributed by atoms with Crippen LogP contribution in [0.3, 0.4) is 0 Å². The molecule has 0 unspecified atom stereocenters. The summed E-state index contributed by atoms with van der Waals surface area (Å²) in [6.45, 7) is 4.65. The number of rotatable bonds is 3. The van der Waals surface area contributed by atoms with E-state index in [1.54, 1.807) is 0 Å². The van der Waals surface area contributed by atoms with Gasteiger partial charge in [0.25, 0.3) is 0 Å². The average Bonchev–Trinajstić information content (AvgIpc) is 2.80. The second-order valence-corrected chi connectivity index (χ2v) is 5.04. The summed E-state index contributed by atoms with van der Waals surface area (Å²) in [6.07, 6.45) is 2.03. The van der Waals surface area contributed by atoms with Gasteiger partial charge in [-0.05, 0) is 12.0 Å². The molecule has 1 fully saturated rings. The number of benzene rings is 1. The number of carbonyl (C=O) groups is 1. The third-order valence-corrected chi connectivity index (χ3v) is 3.36. The molecule has 1 aliphatic heterocycles. The second-order valence-electron chi connectivity index (χ2n) is 5.04. The molecule has 0 saturated carbocycles. The van der Waals surface area contributed by atoms with E-state index in [2.05, 4.69) is 12.1 Å². The van der Waals surface area contributed by atoms with Crippen LogP contribution in [-0.4, -0.2) is 19.0 Å². The van der Waals surface area contributed by atoms with Crippen molar-refractivity contribution in [2.24, 2.45) is 5.41 Å². The Hall–Kier alpha value is -1.15. The summed E-state index contributed by atoms with van der Waals surface area (Å²) < 4.78 is 5.74. The van der Waals surface area contributed by atoms with Crippen molar-refractivity contribution < 1.29 is 9.53 Å². The molecule has 86 valence electrons. The molecule has 1 aromatic rings. The van der Waals surface area contributed by atoms with Crippen LogP contribution in [0, 0.1) is 5.41 Å². The number of carbonyl (C=O) groups excluding carboxylic acids is 1. The molecule has 1 aromatic carbocycles. The molecular formula is C14H18O2. The molecule has 2 heteroatoms. The average molecular weight is 218 g/mol. The molecule has 0 aliphatic carbocycles. The first-order chi connectivity index (χ1) is 7.65. The van der Waals surface area contributed by atoms with E-state index in [1.165, 1.54) is 5.56 Å². The van der Waals surface area contributed by atoms with E-state index in [0.29, 0.717) is 5.92 Å². The summed E-state index contributed by atoms with van der Waals surface area (Å²) >= 11 is 0. The van der Waals surface area contributed by atoms with Crippen molar-refractivity contribution in [3.63, 3.8) is 0 Å². The Bertz CT molecular complexity index is 356. The highest BCUT2D eigenvalue weighted by atomic mass is 16.5. The molecule has 0 N–H and O–H groups in total. The van der Waals surface area contributed by atoms with Crippen molar-refractivity contribution >= 4 is 6.29 Å². The smallest absolute Gasteiger partial charge is 0.128 e. The Morgan fingerprint density at radius 1 is 1.31 bits per heavy atom. The monoisotopic (exact) mass is 218 g/mol. The van der Waals surface area contributed by atoms with Crippen LogP contribution in [0.4, 0.5) is 0 Å². The Kier molecular flexibility index (Phi) is 3.10. The fourth-order valence-electron chi connectivity index (χ4n) is 2.43. The lowest BCUT2D eigenvalue weighted by Crippen LogP contribution is -2.34. The Labute approximate surface area is 96.6 Å². The predicted molar refractivity (Wildman–Crippen MR) is 63.4 cm³/mol. The minimum absolute atomic E-state index is 0.00685. The summed E-state index contributed by atoms with van der Waals surface area (Å²) in [4.78, 5) is 11.1. The zero-order chi connectivity index (χ0) is 11.6. The molecule has 1 aliphatic rings. The number of aldehydes is 1. The van der Waals surface area contributed by atoms with Gasteiger partial charge < -0.3 is 9.53 Å². The highest BCUT2D eigenvalue weighted by molar-refractivity contribution is 5.59. The standard InChI is InChI=1S/C14H18O2/c1-14(2,10-15)13-12(8-9-16-13)11-6-4-3-5-7-11/h3-7,10,12-13H,8-9H2,1-2H3/t12-,13-/m0/s1. The van der Waals surface area contributed by atoms with Crippen molar-refractivity contribution in [1.82, 2.24) is 0 Å². The molecule has 0 spiro atoms. The van der Waals surface area contributed by atoms with Crippen molar-refractivity contribution in [2.45, 2.75) is 32.3 Å². The van der Waals surface area contributed by atoms with Gasteiger partial charge in [-0.3, -0.25) is 0 Å². The van der Waals surface area contributed by atoms with E-state index < -0.39 is 5.41 Å². The van der Waals surface area contributed by atoms with Crippen LogP contribution in [0.5, 0.6) is 0 Å². The topological polar surface area (TPSA) is 26.3 Å². The zero-order valence-corrected chi connectivity index (χ0v) is 9.85. The maximum absolute atomic E-state index is 11.1. The Morgan fingerprint density at radius 3 is 2.62 bits per heavy atom. The molecule has 1 saturated heterocycles. The van der Waals surface area contributed by atoms with Gasteiger partial charge in [-0.15, -0.1) is 0 Å². The van der Waals surface area contributed by atoms with Crippen LogP contribution < -0.4 is 0 Å². The summed E-state index contributed by atoms with van der Waals surface area (Å²) in [5.74, 6) is 0.349. The van der Waals surface area contributed by atoms with Crippen LogP contribution in [0.1, 0.15) is 31.7 Å². The molecule has 0 bridgehead atoms. The minimum Gasteiger partial charge on any atom is -0.377 e. The van der Waals surface area contributed by atoms with Gasteiger partial charge in [-0.1, -0.05) is 44.2 Å². The highest BCUT2D eigenvalue weighted by Crippen LogP contribution is 2.39. The molecule has 2 atom stereocenters. The molecule has 0 amide bonds. The van der Waals surface area contributed by atoms with Gasteiger partial charge in [0.15, 0.2) is 0 Å². The maximum Gasteiger partial charge on any atom is 0.128 e. The van der Waals surface area contributed by atoms with Gasteiger partial charge in [-0.25, -0.2) is 0 Å². The summed E-state index contributed by atoms with van der Waals surface area (Å²) in [5, 5.41) is 0.